The Balaban J connectivity index is 1.66. The number of aliphatic hydroxyl groups is 1. The van der Waals surface area contributed by atoms with E-state index in [1.807, 2.05) is 28.8 Å². The molecule has 0 bridgehead atoms. The molecular weight excluding hydrogens is 288 g/mol. The number of hydrogen-bond acceptors (Lipinski definition) is 4. The van der Waals surface area contributed by atoms with Gasteiger partial charge in [0, 0.05) is 25.2 Å². The highest BCUT2D eigenvalue weighted by Crippen LogP contribution is 2.37. The molecule has 0 spiro atoms. The first-order valence-corrected chi connectivity index (χ1v) is 8.58. The van der Waals surface area contributed by atoms with Gasteiger partial charge in [-0.2, -0.15) is 5.26 Å². The van der Waals surface area contributed by atoms with Crippen molar-refractivity contribution in [2.45, 2.75) is 38.2 Å². The molecule has 0 aromatic carbocycles. The summed E-state index contributed by atoms with van der Waals surface area (Å²) in [6.07, 6.45) is 7.46. The van der Waals surface area contributed by atoms with Gasteiger partial charge in [-0.1, -0.05) is 31.7 Å². The number of hydrogen-bond donors (Lipinski definition) is 1. The maximum absolute atomic E-state index is 10.4. The van der Waals surface area contributed by atoms with Gasteiger partial charge in [0.25, 0.3) is 0 Å². The van der Waals surface area contributed by atoms with E-state index < -0.39 is 0 Å². The molecule has 1 N–H and O–H groups in total. The topological polar surface area (TPSA) is 64.6 Å². The third-order valence-corrected chi connectivity index (χ3v) is 5.54. The van der Waals surface area contributed by atoms with E-state index in [0.717, 1.165) is 31.0 Å². The number of imidazole rings is 1. The van der Waals surface area contributed by atoms with Crippen LogP contribution in [0.3, 0.4) is 0 Å². The SMILES string of the molecule is N#Cc1c(N2CC[C@@H](O)[C@H](C3CCCC3)C2)nc2ccccn12. The van der Waals surface area contributed by atoms with E-state index in [4.69, 9.17) is 0 Å². The number of piperidine rings is 1. The summed E-state index contributed by atoms with van der Waals surface area (Å²) in [5, 5.41) is 20.0. The molecule has 0 radical (unpaired) electrons. The summed E-state index contributed by atoms with van der Waals surface area (Å²) >= 11 is 0. The number of pyridine rings is 1. The van der Waals surface area contributed by atoms with Crippen molar-refractivity contribution in [2.75, 3.05) is 18.0 Å². The van der Waals surface area contributed by atoms with Gasteiger partial charge in [-0.3, -0.25) is 4.40 Å². The Morgan fingerprint density at radius 2 is 2.04 bits per heavy atom. The lowest BCUT2D eigenvalue weighted by Gasteiger charge is -2.39. The van der Waals surface area contributed by atoms with Crippen LogP contribution in [0, 0.1) is 23.2 Å². The van der Waals surface area contributed by atoms with Crippen molar-refractivity contribution in [2.24, 2.45) is 11.8 Å². The minimum atomic E-state index is -0.211. The average Bonchev–Trinajstić information content (AvgIpc) is 3.22. The lowest BCUT2D eigenvalue weighted by molar-refractivity contribution is 0.0561. The number of fused-ring (bicyclic) bond motifs is 1. The Hall–Kier alpha value is -2.06. The van der Waals surface area contributed by atoms with Crippen LogP contribution >= 0.6 is 0 Å². The Kier molecular flexibility index (Phi) is 3.70. The molecule has 2 aliphatic rings. The average molecular weight is 310 g/mol. The molecule has 0 amide bonds. The third-order valence-electron chi connectivity index (χ3n) is 5.54. The van der Waals surface area contributed by atoms with Crippen LogP contribution in [0.25, 0.3) is 5.65 Å². The van der Waals surface area contributed by atoms with Crippen LogP contribution in [0.1, 0.15) is 37.8 Å². The smallest absolute Gasteiger partial charge is 0.169 e. The predicted octanol–water partition coefficient (Wildman–Crippen LogP) is 2.58. The quantitative estimate of drug-likeness (QED) is 0.926. The first-order chi connectivity index (χ1) is 11.3. The van der Waals surface area contributed by atoms with Crippen molar-refractivity contribution >= 4 is 11.5 Å². The highest BCUT2D eigenvalue weighted by molar-refractivity contribution is 5.60. The predicted molar refractivity (Wildman–Crippen MR) is 88.2 cm³/mol. The van der Waals surface area contributed by atoms with Crippen molar-refractivity contribution < 1.29 is 5.11 Å². The van der Waals surface area contributed by atoms with E-state index in [9.17, 15) is 10.4 Å². The fourth-order valence-electron chi connectivity index (χ4n) is 4.32. The Labute approximate surface area is 136 Å². The number of aromatic nitrogens is 2. The number of nitriles is 1. The van der Waals surface area contributed by atoms with E-state index in [1.54, 1.807) is 0 Å². The van der Waals surface area contributed by atoms with Gasteiger partial charge in [0.2, 0.25) is 0 Å². The third kappa shape index (κ3) is 2.47. The normalized spacial score (nSPS) is 25.8. The maximum atomic E-state index is 10.4. The van der Waals surface area contributed by atoms with Crippen molar-refractivity contribution in [1.82, 2.24) is 9.38 Å². The van der Waals surface area contributed by atoms with Gasteiger partial charge in [0.1, 0.15) is 11.7 Å². The number of rotatable bonds is 2. The molecule has 120 valence electrons. The van der Waals surface area contributed by atoms with Crippen LogP contribution in [0.2, 0.25) is 0 Å². The minimum absolute atomic E-state index is 0.211. The van der Waals surface area contributed by atoms with Crippen LogP contribution < -0.4 is 4.90 Å². The molecular formula is C18H22N4O. The van der Waals surface area contributed by atoms with Crippen LogP contribution in [0.15, 0.2) is 24.4 Å². The molecule has 3 heterocycles. The second kappa shape index (κ2) is 5.86. The van der Waals surface area contributed by atoms with Crippen molar-refractivity contribution in [1.29, 1.82) is 5.26 Å². The Morgan fingerprint density at radius 3 is 2.83 bits per heavy atom. The summed E-state index contributed by atoms with van der Waals surface area (Å²) in [4.78, 5) is 6.89. The molecule has 4 rings (SSSR count). The van der Waals surface area contributed by atoms with E-state index in [2.05, 4.69) is 16.0 Å². The highest BCUT2D eigenvalue weighted by Gasteiger charge is 2.36. The maximum Gasteiger partial charge on any atom is 0.169 e. The largest absolute Gasteiger partial charge is 0.393 e. The van der Waals surface area contributed by atoms with Crippen molar-refractivity contribution in [3.63, 3.8) is 0 Å². The molecule has 23 heavy (non-hydrogen) atoms. The van der Waals surface area contributed by atoms with E-state index in [1.165, 1.54) is 25.7 Å². The zero-order chi connectivity index (χ0) is 15.8. The van der Waals surface area contributed by atoms with Gasteiger partial charge < -0.3 is 10.0 Å². The summed E-state index contributed by atoms with van der Waals surface area (Å²) in [7, 11) is 0. The van der Waals surface area contributed by atoms with Gasteiger partial charge in [-0.05, 0) is 24.5 Å². The minimum Gasteiger partial charge on any atom is -0.393 e. The standard InChI is InChI=1S/C18H22N4O/c19-11-15-18(20-17-7-3-4-9-22(15)17)21-10-8-16(23)14(12-21)13-5-1-2-6-13/h3-4,7,9,13-14,16,23H,1-2,5-6,8,10,12H2/t14-,16+/m0/s1. The first-order valence-electron chi connectivity index (χ1n) is 8.58. The molecule has 2 aromatic rings. The second-order valence-corrected chi connectivity index (χ2v) is 6.84. The second-order valence-electron chi connectivity index (χ2n) is 6.84. The fourth-order valence-corrected chi connectivity index (χ4v) is 4.32. The van der Waals surface area contributed by atoms with Gasteiger partial charge in [-0.15, -0.1) is 0 Å². The van der Waals surface area contributed by atoms with Gasteiger partial charge in [0.15, 0.2) is 11.5 Å². The molecule has 0 unspecified atom stereocenters. The molecule has 2 fully saturated rings. The van der Waals surface area contributed by atoms with Crippen molar-refractivity contribution in [3.8, 4) is 6.07 Å². The van der Waals surface area contributed by atoms with Crippen LogP contribution in [-0.4, -0.2) is 33.7 Å². The lowest BCUT2D eigenvalue weighted by Crippen LogP contribution is -2.46. The van der Waals surface area contributed by atoms with Gasteiger partial charge in [-0.25, -0.2) is 4.98 Å². The highest BCUT2D eigenvalue weighted by atomic mass is 16.3. The summed E-state index contributed by atoms with van der Waals surface area (Å²) in [6.45, 7) is 1.58. The number of anilines is 1. The van der Waals surface area contributed by atoms with Gasteiger partial charge >= 0.3 is 0 Å². The molecule has 2 aromatic heterocycles. The zero-order valence-corrected chi connectivity index (χ0v) is 13.2. The number of nitrogens with zero attached hydrogens (tertiary/aromatic N) is 4. The molecule has 1 aliphatic carbocycles. The van der Waals surface area contributed by atoms with E-state index in [-0.39, 0.29) is 6.10 Å². The zero-order valence-electron chi connectivity index (χ0n) is 13.2. The summed E-state index contributed by atoms with van der Waals surface area (Å²) in [5.74, 6) is 1.70. The summed E-state index contributed by atoms with van der Waals surface area (Å²) in [6, 6.07) is 8.09. The van der Waals surface area contributed by atoms with Crippen molar-refractivity contribution in [3.05, 3.63) is 30.1 Å². The molecule has 1 saturated carbocycles. The van der Waals surface area contributed by atoms with E-state index >= 15 is 0 Å². The molecule has 1 saturated heterocycles. The first kappa shape index (κ1) is 14.5. The molecule has 5 heteroatoms. The van der Waals surface area contributed by atoms with E-state index in [0.29, 0.717) is 17.5 Å². The lowest BCUT2D eigenvalue weighted by atomic mass is 9.82. The molecule has 1 aliphatic heterocycles. The van der Waals surface area contributed by atoms with Crippen LogP contribution in [0.5, 0.6) is 0 Å². The monoisotopic (exact) mass is 310 g/mol. The summed E-state index contributed by atoms with van der Waals surface area (Å²) in [5.41, 5.74) is 1.41. The number of aliphatic hydroxyl groups excluding tert-OH is 1. The van der Waals surface area contributed by atoms with Crippen LogP contribution in [-0.2, 0) is 0 Å². The van der Waals surface area contributed by atoms with Gasteiger partial charge in [0.05, 0.1) is 6.10 Å². The fraction of sp³-hybridized carbons (Fsp3) is 0.556. The van der Waals surface area contributed by atoms with Crippen LogP contribution in [0.4, 0.5) is 5.82 Å². The molecule has 5 nitrogen and oxygen atoms in total. The molecule has 2 atom stereocenters. The Morgan fingerprint density at radius 1 is 1.22 bits per heavy atom. The summed E-state index contributed by atoms with van der Waals surface area (Å²) < 4.78 is 1.85. The Bertz CT molecular complexity index is 741.